The molecule has 10 heteroatoms. The zero-order valence-corrected chi connectivity index (χ0v) is 30.4. The Hall–Kier alpha value is -1.56. The SMILES string of the molecule is CCC(N)(CC)C(=O)CC1NCCC1NC(CC)(CCCCC(CC)(NC1CCNC1CC(=O)C(N)(CC)CC)C(C)=O)C(C)=O. The number of hydrogen-bond acceptors (Lipinski definition) is 10. The van der Waals surface area contributed by atoms with E-state index < -0.39 is 22.2 Å². The second kappa shape index (κ2) is 17.7. The molecule has 0 radical (unpaired) electrons. The van der Waals surface area contributed by atoms with E-state index in [1.165, 1.54) is 0 Å². The van der Waals surface area contributed by atoms with Gasteiger partial charge in [0.25, 0.3) is 0 Å². The van der Waals surface area contributed by atoms with Crippen LogP contribution in [0.15, 0.2) is 0 Å². The third-order valence-corrected chi connectivity index (χ3v) is 12.1. The highest BCUT2D eigenvalue weighted by Crippen LogP contribution is 2.30. The van der Waals surface area contributed by atoms with Crippen molar-refractivity contribution in [3.8, 4) is 0 Å². The van der Waals surface area contributed by atoms with Crippen LogP contribution in [0.5, 0.6) is 0 Å². The highest BCUT2D eigenvalue weighted by molar-refractivity contribution is 5.89. The molecule has 2 aliphatic heterocycles. The number of hydrogen-bond donors (Lipinski definition) is 6. The fourth-order valence-electron chi connectivity index (χ4n) is 7.72. The van der Waals surface area contributed by atoms with Crippen LogP contribution in [0.2, 0.25) is 0 Å². The standard InChI is InChI=1S/C36H68N6O4/c1-9-33(37,10-2)31(45)23-29-27(17-21-39-29)41-35(13-5,25(7)43)19-15-16-20-36(14-6,26(8)44)42-28-18-22-40-30(28)24-32(46)34(38,11-3)12-4/h27-30,39-42H,9-24,37-38H2,1-8H3. The van der Waals surface area contributed by atoms with Gasteiger partial charge < -0.3 is 32.7 Å². The first-order valence-electron chi connectivity index (χ1n) is 18.3. The number of ketones is 4. The second-order valence-corrected chi connectivity index (χ2v) is 14.4. The topological polar surface area (TPSA) is 168 Å². The molecule has 0 aromatic heterocycles. The Kier molecular flexibility index (Phi) is 15.6. The van der Waals surface area contributed by atoms with E-state index in [0.717, 1.165) is 38.8 Å². The van der Waals surface area contributed by atoms with Crippen LogP contribution in [0.3, 0.4) is 0 Å². The van der Waals surface area contributed by atoms with Gasteiger partial charge in [-0.2, -0.15) is 0 Å². The monoisotopic (exact) mass is 649 g/mol. The summed E-state index contributed by atoms with van der Waals surface area (Å²) in [5.41, 5.74) is 9.83. The number of nitrogens with one attached hydrogen (secondary N) is 4. The van der Waals surface area contributed by atoms with Gasteiger partial charge in [-0.1, -0.05) is 54.4 Å². The quantitative estimate of drug-likeness (QED) is 0.0901. The number of carbonyl (C=O) groups is 4. The number of rotatable bonds is 23. The molecule has 10 nitrogen and oxygen atoms in total. The molecule has 2 rings (SSSR count). The van der Waals surface area contributed by atoms with Gasteiger partial charge in [-0.05, 0) is 91.1 Å². The molecule has 0 aromatic rings. The second-order valence-electron chi connectivity index (χ2n) is 14.4. The van der Waals surface area contributed by atoms with Crippen molar-refractivity contribution in [2.45, 2.75) is 192 Å². The summed E-state index contributed by atoms with van der Waals surface area (Å²) in [5.74, 6) is 0.355. The fourth-order valence-corrected chi connectivity index (χ4v) is 7.72. The van der Waals surface area contributed by atoms with E-state index in [1.54, 1.807) is 13.8 Å². The number of Topliss-reactive ketones (excluding diaryl/α,β-unsaturated/α-hetero) is 4. The Morgan fingerprint density at radius 1 is 0.609 bits per heavy atom. The summed E-state index contributed by atoms with van der Waals surface area (Å²) in [6.45, 7) is 16.8. The molecule has 266 valence electrons. The van der Waals surface area contributed by atoms with E-state index >= 15 is 0 Å². The lowest BCUT2D eigenvalue weighted by Gasteiger charge is -2.38. The van der Waals surface area contributed by atoms with Crippen LogP contribution in [0.1, 0.15) is 145 Å². The third-order valence-electron chi connectivity index (χ3n) is 12.1. The Morgan fingerprint density at radius 3 is 1.20 bits per heavy atom. The highest BCUT2D eigenvalue weighted by Gasteiger charge is 2.43. The average Bonchev–Trinajstić information content (AvgIpc) is 3.68. The molecule has 2 aliphatic rings. The Bertz CT molecular complexity index is 948. The van der Waals surface area contributed by atoms with E-state index in [4.69, 9.17) is 11.5 Å². The van der Waals surface area contributed by atoms with E-state index in [1.807, 2.05) is 41.5 Å². The van der Waals surface area contributed by atoms with Gasteiger partial charge in [0.2, 0.25) is 0 Å². The molecule has 46 heavy (non-hydrogen) atoms. The van der Waals surface area contributed by atoms with Gasteiger partial charge in [0.1, 0.15) is 11.6 Å². The van der Waals surface area contributed by atoms with Gasteiger partial charge >= 0.3 is 0 Å². The van der Waals surface area contributed by atoms with Crippen LogP contribution in [0, 0.1) is 0 Å². The van der Waals surface area contributed by atoms with E-state index in [0.29, 0.717) is 64.2 Å². The maximum atomic E-state index is 13.2. The zero-order chi connectivity index (χ0) is 34.8. The average molecular weight is 649 g/mol. The first kappa shape index (κ1) is 40.6. The first-order valence-corrected chi connectivity index (χ1v) is 18.3. The molecule has 0 spiro atoms. The van der Waals surface area contributed by atoms with Gasteiger partial charge in [0.05, 0.1) is 22.2 Å². The van der Waals surface area contributed by atoms with Gasteiger partial charge in [-0.15, -0.1) is 0 Å². The van der Waals surface area contributed by atoms with Crippen molar-refractivity contribution in [3.63, 3.8) is 0 Å². The van der Waals surface area contributed by atoms with Crippen molar-refractivity contribution in [1.82, 2.24) is 21.3 Å². The molecular weight excluding hydrogens is 580 g/mol. The van der Waals surface area contributed by atoms with Crippen molar-refractivity contribution in [2.75, 3.05) is 13.1 Å². The van der Waals surface area contributed by atoms with E-state index in [-0.39, 0.29) is 47.3 Å². The lowest BCUT2D eigenvalue weighted by Crippen LogP contribution is -2.59. The minimum absolute atomic E-state index is 0.00145. The summed E-state index contributed by atoms with van der Waals surface area (Å²) in [7, 11) is 0. The summed E-state index contributed by atoms with van der Waals surface area (Å²) in [4.78, 5) is 52.7. The Labute approximate surface area is 279 Å². The summed E-state index contributed by atoms with van der Waals surface area (Å²) >= 11 is 0. The Morgan fingerprint density at radius 2 is 0.935 bits per heavy atom. The first-order chi connectivity index (χ1) is 21.6. The molecule has 2 heterocycles. The third kappa shape index (κ3) is 9.53. The van der Waals surface area contributed by atoms with Gasteiger partial charge in [-0.25, -0.2) is 0 Å². The minimum Gasteiger partial charge on any atom is -0.319 e. The number of nitrogens with two attached hydrogens (primary N) is 2. The summed E-state index contributed by atoms with van der Waals surface area (Å²) in [5, 5.41) is 14.4. The van der Waals surface area contributed by atoms with Gasteiger partial charge in [0.15, 0.2) is 11.6 Å². The van der Waals surface area contributed by atoms with Crippen LogP contribution >= 0.6 is 0 Å². The maximum absolute atomic E-state index is 13.2. The zero-order valence-electron chi connectivity index (χ0n) is 30.4. The van der Waals surface area contributed by atoms with Gasteiger partial charge in [0, 0.05) is 37.0 Å². The van der Waals surface area contributed by atoms with Crippen LogP contribution in [0.4, 0.5) is 0 Å². The van der Waals surface area contributed by atoms with Gasteiger partial charge in [-0.3, -0.25) is 19.2 Å². The molecule has 0 amide bonds. The normalized spacial score (nSPS) is 24.8. The number of carbonyl (C=O) groups excluding carboxylic acids is 4. The predicted molar refractivity (Wildman–Crippen MR) is 187 cm³/mol. The fraction of sp³-hybridized carbons (Fsp3) is 0.889. The molecule has 6 atom stereocenters. The summed E-state index contributed by atoms with van der Waals surface area (Å²) < 4.78 is 0. The van der Waals surface area contributed by atoms with Crippen molar-refractivity contribution < 1.29 is 19.2 Å². The van der Waals surface area contributed by atoms with Crippen molar-refractivity contribution >= 4 is 23.1 Å². The van der Waals surface area contributed by atoms with Crippen LogP contribution in [-0.2, 0) is 19.2 Å². The molecule has 0 aliphatic carbocycles. The van der Waals surface area contributed by atoms with E-state index in [9.17, 15) is 19.2 Å². The molecule has 0 aromatic carbocycles. The maximum Gasteiger partial charge on any atom is 0.154 e. The van der Waals surface area contributed by atoms with Crippen LogP contribution in [0.25, 0.3) is 0 Å². The molecule has 2 saturated heterocycles. The minimum atomic E-state index is -0.808. The highest BCUT2D eigenvalue weighted by atomic mass is 16.1. The van der Waals surface area contributed by atoms with Crippen LogP contribution in [-0.4, -0.2) is 82.5 Å². The lowest BCUT2D eigenvalue weighted by atomic mass is 9.80. The van der Waals surface area contributed by atoms with Crippen molar-refractivity contribution in [1.29, 1.82) is 0 Å². The summed E-state index contributed by atoms with van der Waals surface area (Å²) in [6.07, 6.45) is 9.00. The van der Waals surface area contributed by atoms with E-state index in [2.05, 4.69) is 21.3 Å². The Balaban J connectivity index is 2.09. The van der Waals surface area contributed by atoms with Crippen molar-refractivity contribution in [2.24, 2.45) is 11.5 Å². The van der Waals surface area contributed by atoms with Crippen molar-refractivity contribution in [3.05, 3.63) is 0 Å². The molecule has 6 unspecified atom stereocenters. The molecule has 8 N–H and O–H groups in total. The molecule has 0 saturated carbocycles. The summed E-state index contributed by atoms with van der Waals surface area (Å²) in [6, 6.07) is -0.122. The smallest absolute Gasteiger partial charge is 0.154 e. The lowest BCUT2D eigenvalue weighted by molar-refractivity contribution is -0.126. The largest absolute Gasteiger partial charge is 0.319 e. The molecular formula is C36H68N6O4. The predicted octanol–water partition coefficient (Wildman–Crippen LogP) is 3.62. The molecule has 0 bridgehead atoms. The molecule has 2 fully saturated rings. The van der Waals surface area contributed by atoms with Crippen LogP contribution < -0.4 is 32.7 Å². The number of unbranched alkanes of at least 4 members (excludes halogenated alkanes) is 1.